The Morgan fingerprint density at radius 3 is 2.82 bits per heavy atom. The normalized spacial score (nSPS) is 21.7. The van der Waals surface area contributed by atoms with Gasteiger partial charge in [0, 0.05) is 26.0 Å². The standard InChI is InChI=1S/C17H20N4O/c1-18-16(22)17(15-12-19-9-10-20-15)8-5-11-21(17)13-14-6-3-2-4-7-14/h2-4,6-7,9-10,12H,5,8,11,13H2,1H3,(H,18,22)/t17-/m0/s1. The number of hydrogen-bond donors (Lipinski definition) is 1. The first-order chi connectivity index (χ1) is 10.8. The fourth-order valence-electron chi connectivity index (χ4n) is 3.28. The molecule has 0 saturated carbocycles. The van der Waals surface area contributed by atoms with E-state index < -0.39 is 5.54 Å². The summed E-state index contributed by atoms with van der Waals surface area (Å²) in [5, 5.41) is 2.81. The molecule has 2 aromatic rings. The smallest absolute Gasteiger partial charge is 0.246 e. The summed E-state index contributed by atoms with van der Waals surface area (Å²) in [7, 11) is 1.68. The largest absolute Gasteiger partial charge is 0.357 e. The Labute approximate surface area is 130 Å². The molecule has 1 N–H and O–H groups in total. The number of likely N-dealkylation sites (tertiary alicyclic amines) is 1. The van der Waals surface area contributed by atoms with Crippen LogP contribution in [0.25, 0.3) is 0 Å². The zero-order valence-corrected chi connectivity index (χ0v) is 12.7. The van der Waals surface area contributed by atoms with Crippen LogP contribution >= 0.6 is 0 Å². The zero-order valence-electron chi connectivity index (χ0n) is 12.7. The lowest BCUT2D eigenvalue weighted by molar-refractivity contribution is -0.132. The van der Waals surface area contributed by atoms with Gasteiger partial charge in [-0.3, -0.25) is 19.7 Å². The molecule has 1 aromatic carbocycles. The first kappa shape index (κ1) is 14.7. The van der Waals surface area contributed by atoms with E-state index in [4.69, 9.17) is 0 Å². The maximum absolute atomic E-state index is 12.7. The average molecular weight is 296 g/mol. The fraction of sp³-hybridized carbons (Fsp3) is 0.353. The molecule has 1 atom stereocenters. The van der Waals surface area contributed by atoms with Gasteiger partial charge in [-0.1, -0.05) is 30.3 Å². The molecular formula is C17H20N4O. The number of aromatic nitrogens is 2. The lowest BCUT2D eigenvalue weighted by atomic mass is 9.90. The van der Waals surface area contributed by atoms with Gasteiger partial charge in [0.05, 0.1) is 11.9 Å². The highest BCUT2D eigenvalue weighted by Gasteiger charge is 2.49. The van der Waals surface area contributed by atoms with E-state index in [1.165, 1.54) is 5.56 Å². The van der Waals surface area contributed by atoms with Crippen LogP contribution in [0.5, 0.6) is 0 Å². The van der Waals surface area contributed by atoms with Gasteiger partial charge in [0.25, 0.3) is 0 Å². The molecule has 0 radical (unpaired) electrons. The number of carbonyl (C=O) groups is 1. The van der Waals surface area contributed by atoms with Gasteiger partial charge in [-0.25, -0.2) is 0 Å². The Morgan fingerprint density at radius 1 is 1.32 bits per heavy atom. The third kappa shape index (κ3) is 2.48. The molecule has 5 heteroatoms. The third-order valence-electron chi connectivity index (χ3n) is 4.31. The van der Waals surface area contributed by atoms with Gasteiger partial charge in [0.2, 0.25) is 5.91 Å². The molecule has 0 aliphatic carbocycles. The highest BCUT2D eigenvalue weighted by Crippen LogP contribution is 2.39. The SMILES string of the molecule is CNC(=O)[C@@]1(c2cnccn2)CCCN1Cc1ccccc1. The number of nitrogens with zero attached hydrogens (tertiary/aromatic N) is 3. The number of hydrogen-bond acceptors (Lipinski definition) is 4. The number of carbonyl (C=O) groups excluding carboxylic acids is 1. The molecular weight excluding hydrogens is 276 g/mol. The monoisotopic (exact) mass is 296 g/mol. The summed E-state index contributed by atoms with van der Waals surface area (Å²) in [6, 6.07) is 10.2. The average Bonchev–Trinajstić information content (AvgIpc) is 3.00. The second-order valence-electron chi connectivity index (χ2n) is 5.54. The predicted octanol–water partition coefficient (Wildman–Crippen LogP) is 1.71. The maximum Gasteiger partial charge on any atom is 0.246 e. The van der Waals surface area contributed by atoms with Crippen molar-refractivity contribution < 1.29 is 4.79 Å². The molecule has 1 amide bonds. The molecule has 1 aliphatic heterocycles. The molecule has 3 rings (SSSR count). The summed E-state index contributed by atoms with van der Waals surface area (Å²) in [6.07, 6.45) is 6.73. The molecule has 5 nitrogen and oxygen atoms in total. The molecule has 1 aliphatic rings. The minimum atomic E-state index is -0.723. The van der Waals surface area contributed by atoms with Gasteiger partial charge in [-0.05, 0) is 24.9 Å². The van der Waals surface area contributed by atoms with E-state index in [0.717, 1.165) is 31.6 Å². The lowest BCUT2D eigenvalue weighted by Crippen LogP contribution is -2.52. The Hall–Kier alpha value is -2.27. The number of benzene rings is 1. The molecule has 1 fully saturated rings. The summed E-state index contributed by atoms with van der Waals surface area (Å²) < 4.78 is 0. The van der Waals surface area contributed by atoms with E-state index in [2.05, 4.69) is 32.3 Å². The Morgan fingerprint density at radius 2 is 2.14 bits per heavy atom. The quantitative estimate of drug-likeness (QED) is 0.933. The minimum Gasteiger partial charge on any atom is -0.357 e. The zero-order chi connectivity index (χ0) is 15.4. The highest BCUT2D eigenvalue weighted by atomic mass is 16.2. The van der Waals surface area contributed by atoms with Crippen molar-refractivity contribution in [3.05, 3.63) is 60.2 Å². The summed E-state index contributed by atoms with van der Waals surface area (Å²) in [4.78, 5) is 23.5. The Balaban J connectivity index is 1.99. The van der Waals surface area contributed by atoms with Crippen LogP contribution in [0.3, 0.4) is 0 Å². The van der Waals surface area contributed by atoms with Crippen molar-refractivity contribution in [2.24, 2.45) is 0 Å². The molecule has 1 saturated heterocycles. The van der Waals surface area contributed by atoms with Crippen LogP contribution in [-0.2, 0) is 16.9 Å². The molecule has 2 heterocycles. The number of rotatable bonds is 4. The summed E-state index contributed by atoms with van der Waals surface area (Å²) >= 11 is 0. The van der Waals surface area contributed by atoms with Crippen LogP contribution in [-0.4, -0.2) is 34.4 Å². The van der Waals surface area contributed by atoms with E-state index in [1.807, 2.05) is 18.2 Å². The lowest BCUT2D eigenvalue weighted by Gasteiger charge is -2.36. The summed E-state index contributed by atoms with van der Waals surface area (Å²) in [6.45, 7) is 1.60. The number of amides is 1. The van der Waals surface area contributed by atoms with Crippen LogP contribution in [0.15, 0.2) is 48.9 Å². The van der Waals surface area contributed by atoms with Gasteiger partial charge in [0.15, 0.2) is 0 Å². The first-order valence-electron chi connectivity index (χ1n) is 7.55. The van der Waals surface area contributed by atoms with Crippen molar-refractivity contribution in [2.45, 2.75) is 24.9 Å². The Kier molecular flexibility index (Phi) is 4.15. The molecule has 0 spiro atoms. The van der Waals surface area contributed by atoms with Gasteiger partial charge in [0.1, 0.15) is 5.54 Å². The second kappa shape index (κ2) is 6.23. The number of nitrogens with one attached hydrogen (secondary N) is 1. The van der Waals surface area contributed by atoms with Crippen molar-refractivity contribution in [1.82, 2.24) is 20.2 Å². The maximum atomic E-state index is 12.7. The Bertz CT molecular complexity index is 632. The van der Waals surface area contributed by atoms with Crippen molar-refractivity contribution in [3.63, 3.8) is 0 Å². The fourth-order valence-corrected chi connectivity index (χ4v) is 3.28. The molecule has 0 unspecified atom stereocenters. The van der Waals surface area contributed by atoms with E-state index in [0.29, 0.717) is 0 Å². The molecule has 1 aromatic heterocycles. The van der Waals surface area contributed by atoms with Gasteiger partial charge in [-0.15, -0.1) is 0 Å². The summed E-state index contributed by atoms with van der Waals surface area (Å²) in [5.41, 5.74) is 1.20. The van der Waals surface area contributed by atoms with E-state index >= 15 is 0 Å². The van der Waals surface area contributed by atoms with Crippen molar-refractivity contribution in [3.8, 4) is 0 Å². The van der Waals surface area contributed by atoms with Crippen LogP contribution in [0, 0.1) is 0 Å². The van der Waals surface area contributed by atoms with Crippen LogP contribution in [0.2, 0.25) is 0 Å². The predicted molar refractivity (Wildman–Crippen MR) is 83.9 cm³/mol. The third-order valence-corrected chi connectivity index (χ3v) is 4.31. The first-order valence-corrected chi connectivity index (χ1v) is 7.55. The molecule has 22 heavy (non-hydrogen) atoms. The van der Waals surface area contributed by atoms with Gasteiger partial charge < -0.3 is 5.32 Å². The number of likely N-dealkylation sites (N-methyl/N-ethyl adjacent to an activating group) is 1. The van der Waals surface area contributed by atoms with E-state index in [1.54, 1.807) is 25.6 Å². The van der Waals surface area contributed by atoms with Crippen LogP contribution in [0.1, 0.15) is 24.1 Å². The van der Waals surface area contributed by atoms with Crippen LogP contribution in [0.4, 0.5) is 0 Å². The molecule has 0 bridgehead atoms. The highest BCUT2D eigenvalue weighted by molar-refractivity contribution is 5.87. The van der Waals surface area contributed by atoms with Gasteiger partial charge in [-0.2, -0.15) is 0 Å². The van der Waals surface area contributed by atoms with Crippen molar-refractivity contribution in [1.29, 1.82) is 0 Å². The van der Waals surface area contributed by atoms with Crippen molar-refractivity contribution in [2.75, 3.05) is 13.6 Å². The minimum absolute atomic E-state index is 0.0126. The van der Waals surface area contributed by atoms with Crippen molar-refractivity contribution >= 4 is 5.91 Å². The van der Waals surface area contributed by atoms with E-state index in [-0.39, 0.29) is 5.91 Å². The second-order valence-corrected chi connectivity index (χ2v) is 5.54. The van der Waals surface area contributed by atoms with Crippen LogP contribution < -0.4 is 5.32 Å². The topological polar surface area (TPSA) is 58.1 Å². The summed E-state index contributed by atoms with van der Waals surface area (Å²) in [5.74, 6) is -0.0126. The van der Waals surface area contributed by atoms with Gasteiger partial charge >= 0.3 is 0 Å². The molecule has 114 valence electrons. The van der Waals surface area contributed by atoms with E-state index in [9.17, 15) is 4.79 Å².